The van der Waals surface area contributed by atoms with Crippen molar-refractivity contribution < 1.29 is 14.3 Å². The molecular weight excluding hydrogens is 250 g/mol. The normalized spacial score (nSPS) is 10.7. The molecule has 0 aliphatic heterocycles. The van der Waals surface area contributed by atoms with Crippen LogP contribution in [0.2, 0.25) is 0 Å². The molecule has 0 atom stereocenters. The minimum atomic E-state index is -1.03. The highest BCUT2D eigenvalue weighted by molar-refractivity contribution is 7.11. The molecular formula is C13H15NO3S. The summed E-state index contributed by atoms with van der Waals surface area (Å²) in [5.41, 5.74) is 0.676. The molecule has 2 aromatic rings. The molecule has 18 heavy (non-hydrogen) atoms. The van der Waals surface area contributed by atoms with Gasteiger partial charge in [0.1, 0.15) is 0 Å². The molecule has 0 unspecified atom stereocenters. The lowest BCUT2D eigenvalue weighted by Crippen LogP contribution is -2.13. The van der Waals surface area contributed by atoms with Gasteiger partial charge < -0.3 is 14.8 Å². The average Bonchev–Trinajstić information content (AvgIpc) is 2.97. The lowest BCUT2D eigenvalue weighted by Gasteiger charge is -2.01. The van der Waals surface area contributed by atoms with Gasteiger partial charge in [0.05, 0.1) is 6.26 Å². The highest BCUT2D eigenvalue weighted by Gasteiger charge is 2.13. The fourth-order valence-electron chi connectivity index (χ4n) is 1.69. The molecule has 0 radical (unpaired) electrons. The van der Waals surface area contributed by atoms with Crippen LogP contribution in [0.3, 0.4) is 0 Å². The molecule has 0 amide bonds. The first kappa shape index (κ1) is 12.9. The number of carboxylic acids is 1. The Balaban J connectivity index is 1.88. The molecule has 0 aliphatic carbocycles. The Morgan fingerprint density at radius 1 is 1.33 bits per heavy atom. The van der Waals surface area contributed by atoms with E-state index < -0.39 is 5.97 Å². The predicted molar refractivity (Wildman–Crippen MR) is 69.9 cm³/mol. The lowest BCUT2D eigenvalue weighted by atomic mass is 10.2. The third-order valence-electron chi connectivity index (χ3n) is 2.62. The number of rotatable bonds is 6. The van der Waals surface area contributed by atoms with Crippen LogP contribution in [-0.2, 0) is 19.5 Å². The molecule has 0 fully saturated rings. The van der Waals surface area contributed by atoms with Gasteiger partial charge in [-0.05, 0) is 24.6 Å². The van der Waals surface area contributed by atoms with E-state index in [2.05, 4.69) is 24.4 Å². The standard InChI is InChI=1S/C13H15NO3S/c1-2-10-3-4-11(18-10)8-14-7-9-5-6-17-12(9)13(15)16/h3-6,14H,2,7-8H2,1H3,(H,15,16). The molecule has 0 saturated heterocycles. The topological polar surface area (TPSA) is 62.5 Å². The smallest absolute Gasteiger partial charge is 0.372 e. The Morgan fingerprint density at radius 3 is 2.78 bits per heavy atom. The molecule has 5 heteroatoms. The first-order chi connectivity index (χ1) is 8.70. The van der Waals surface area contributed by atoms with Gasteiger partial charge in [-0.1, -0.05) is 6.92 Å². The zero-order valence-electron chi connectivity index (χ0n) is 10.1. The summed E-state index contributed by atoms with van der Waals surface area (Å²) in [4.78, 5) is 13.5. The SMILES string of the molecule is CCc1ccc(CNCc2ccoc2C(=O)O)s1. The number of carboxylic acid groups (broad SMARTS) is 1. The maximum absolute atomic E-state index is 10.8. The Kier molecular flexibility index (Phi) is 4.17. The summed E-state index contributed by atoms with van der Waals surface area (Å²) < 4.78 is 4.91. The highest BCUT2D eigenvalue weighted by Crippen LogP contribution is 2.17. The molecule has 0 saturated carbocycles. The van der Waals surface area contributed by atoms with Crippen LogP contribution in [0.1, 0.15) is 32.8 Å². The van der Waals surface area contributed by atoms with Gasteiger partial charge in [-0.3, -0.25) is 0 Å². The van der Waals surface area contributed by atoms with Gasteiger partial charge in [0.25, 0.3) is 0 Å². The average molecular weight is 265 g/mol. The van der Waals surface area contributed by atoms with Crippen LogP contribution in [0.4, 0.5) is 0 Å². The van der Waals surface area contributed by atoms with Gasteiger partial charge in [0.2, 0.25) is 5.76 Å². The van der Waals surface area contributed by atoms with Gasteiger partial charge in [-0.25, -0.2) is 4.79 Å². The van der Waals surface area contributed by atoms with Crippen molar-refractivity contribution in [3.05, 3.63) is 45.5 Å². The van der Waals surface area contributed by atoms with Crippen LogP contribution < -0.4 is 5.32 Å². The van der Waals surface area contributed by atoms with E-state index in [4.69, 9.17) is 9.52 Å². The van der Waals surface area contributed by atoms with Crippen LogP contribution in [0, 0.1) is 0 Å². The van der Waals surface area contributed by atoms with Gasteiger partial charge in [-0.15, -0.1) is 11.3 Å². The second-order valence-corrected chi connectivity index (χ2v) is 5.16. The molecule has 0 spiro atoms. The van der Waals surface area contributed by atoms with Crippen LogP contribution in [0.5, 0.6) is 0 Å². The van der Waals surface area contributed by atoms with Crippen molar-refractivity contribution in [1.29, 1.82) is 0 Å². The van der Waals surface area contributed by atoms with Gasteiger partial charge in [0.15, 0.2) is 0 Å². The number of hydrogen-bond acceptors (Lipinski definition) is 4. The lowest BCUT2D eigenvalue weighted by molar-refractivity contribution is 0.0660. The number of aromatic carboxylic acids is 1. The largest absolute Gasteiger partial charge is 0.475 e. The fraction of sp³-hybridized carbons (Fsp3) is 0.308. The minimum Gasteiger partial charge on any atom is -0.475 e. The van der Waals surface area contributed by atoms with Gasteiger partial charge in [0, 0.05) is 28.4 Å². The van der Waals surface area contributed by atoms with Crippen LogP contribution in [0.25, 0.3) is 0 Å². The molecule has 96 valence electrons. The second-order valence-electron chi connectivity index (χ2n) is 3.91. The van der Waals surface area contributed by atoms with Crippen molar-refractivity contribution in [2.45, 2.75) is 26.4 Å². The third kappa shape index (κ3) is 3.00. The number of carbonyl (C=O) groups is 1. The van der Waals surface area contributed by atoms with Crippen molar-refractivity contribution in [3.8, 4) is 0 Å². The molecule has 0 aliphatic rings. The van der Waals surface area contributed by atoms with Gasteiger partial charge in [-0.2, -0.15) is 0 Å². The van der Waals surface area contributed by atoms with Crippen molar-refractivity contribution >= 4 is 17.3 Å². The van der Waals surface area contributed by atoms with Crippen molar-refractivity contribution in [1.82, 2.24) is 5.32 Å². The highest BCUT2D eigenvalue weighted by atomic mass is 32.1. The maximum Gasteiger partial charge on any atom is 0.372 e. The summed E-state index contributed by atoms with van der Waals surface area (Å²) in [6.07, 6.45) is 2.45. The van der Waals surface area contributed by atoms with E-state index in [1.807, 2.05) is 0 Å². The van der Waals surface area contributed by atoms with E-state index in [1.54, 1.807) is 17.4 Å². The fourth-order valence-corrected chi connectivity index (χ4v) is 2.62. The van der Waals surface area contributed by atoms with E-state index in [9.17, 15) is 4.79 Å². The predicted octanol–water partition coefficient (Wildman–Crippen LogP) is 2.89. The van der Waals surface area contributed by atoms with E-state index in [1.165, 1.54) is 16.0 Å². The quantitative estimate of drug-likeness (QED) is 0.843. The van der Waals surface area contributed by atoms with Crippen LogP contribution in [0.15, 0.2) is 28.9 Å². The molecule has 4 nitrogen and oxygen atoms in total. The van der Waals surface area contributed by atoms with Crippen molar-refractivity contribution in [2.24, 2.45) is 0 Å². The molecule has 2 aromatic heterocycles. The summed E-state index contributed by atoms with van der Waals surface area (Å²) in [7, 11) is 0. The summed E-state index contributed by atoms with van der Waals surface area (Å²) in [5.74, 6) is -1.01. The first-order valence-electron chi connectivity index (χ1n) is 5.78. The molecule has 0 bridgehead atoms. The van der Waals surface area contributed by atoms with E-state index in [-0.39, 0.29) is 5.76 Å². The second kappa shape index (κ2) is 5.84. The summed E-state index contributed by atoms with van der Waals surface area (Å²) >= 11 is 1.78. The van der Waals surface area contributed by atoms with Crippen molar-refractivity contribution in [3.63, 3.8) is 0 Å². The number of furan rings is 1. The summed E-state index contributed by atoms with van der Waals surface area (Å²) in [5, 5.41) is 12.1. The number of nitrogens with one attached hydrogen (secondary N) is 1. The van der Waals surface area contributed by atoms with Crippen LogP contribution >= 0.6 is 11.3 Å². The molecule has 2 heterocycles. The van der Waals surface area contributed by atoms with E-state index in [0.717, 1.165) is 13.0 Å². The summed E-state index contributed by atoms with van der Waals surface area (Å²) in [6.45, 7) is 3.38. The molecule has 2 rings (SSSR count). The van der Waals surface area contributed by atoms with Crippen LogP contribution in [-0.4, -0.2) is 11.1 Å². The van der Waals surface area contributed by atoms with E-state index >= 15 is 0 Å². The number of thiophene rings is 1. The number of aryl methyl sites for hydroxylation is 1. The number of hydrogen-bond donors (Lipinski definition) is 2. The molecule has 2 N–H and O–H groups in total. The monoisotopic (exact) mass is 265 g/mol. The minimum absolute atomic E-state index is 0.0166. The zero-order chi connectivity index (χ0) is 13.0. The zero-order valence-corrected chi connectivity index (χ0v) is 10.9. The first-order valence-corrected chi connectivity index (χ1v) is 6.60. The van der Waals surface area contributed by atoms with Gasteiger partial charge >= 0.3 is 5.97 Å². The van der Waals surface area contributed by atoms with Crippen molar-refractivity contribution in [2.75, 3.05) is 0 Å². The van der Waals surface area contributed by atoms with E-state index in [0.29, 0.717) is 12.1 Å². The molecule has 0 aromatic carbocycles. The third-order valence-corrected chi connectivity index (χ3v) is 3.85. The Morgan fingerprint density at radius 2 is 2.11 bits per heavy atom. The Labute approximate surface area is 109 Å². The summed E-state index contributed by atoms with van der Waals surface area (Å²) in [6, 6.07) is 5.91. The maximum atomic E-state index is 10.8. The Hall–Kier alpha value is -1.59. The Bertz CT molecular complexity index is 530.